The molecule has 84 valence electrons. The van der Waals surface area contributed by atoms with Crippen LogP contribution in [0.2, 0.25) is 0 Å². The van der Waals surface area contributed by atoms with E-state index in [1.807, 2.05) is 0 Å². The molecule has 0 amide bonds. The largest absolute Gasteiger partial charge is 0.333 e. The Morgan fingerprint density at radius 3 is 2.67 bits per heavy atom. The van der Waals surface area contributed by atoms with E-state index in [0.29, 0.717) is 6.42 Å². The molecule has 5 heteroatoms. The van der Waals surface area contributed by atoms with Crippen molar-refractivity contribution in [3.05, 3.63) is 18.7 Å². The normalized spacial score (nSPS) is 27.9. The lowest BCUT2D eigenvalue weighted by atomic mass is 9.87. The zero-order valence-corrected chi connectivity index (χ0v) is 10.4. The first-order valence-corrected chi connectivity index (χ1v) is 6.37. The molecule has 2 unspecified atom stereocenters. The minimum Gasteiger partial charge on any atom is -0.277 e. The van der Waals surface area contributed by atoms with Crippen molar-refractivity contribution in [2.45, 2.75) is 35.7 Å². The Morgan fingerprint density at radius 1 is 1.33 bits per heavy atom. The smallest absolute Gasteiger partial charge is 0.277 e. The van der Waals surface area contributed by atoms with Gasteiger partial charge in [-0.2, -0.15) is 8.78 Å². The van der Waals surface area contributed by atoms with Gasteiger partial charge in [0, 0.05) is 16.3 Å². The summed E-state index contributed by atoms with van der Waals surface area (Å²) in [4.78, 5) is 3.69. The summed E-state index contributed by atoms with van der Waals surface area (Å²) < 4.78 is 29.1. The van der Waals surface area contributed by atoms with Gasteiger partial charge in [0.15, 0.2) is 0 Å². The van der Waals surface area contributed by atoms with Crippen molar-refractivity contribution in [2.24, 2.45) is 5.92 Å². The van der Waals surface area contributed by atoms with Crippen molar-refractivity contribution in [1.82, 2.24) is 9.55 Å². The summed E-state index contributed by atoms with van der Waals surface area (Å²) >= 11 is 2.16. The highest BCUT2D eigenvalue weighted by Gasteiger charge is 2.45. The van der Waals surface area contributed by atoms with Crippen molar-refractivity contribution in [2.75, 3.05) is 0 Å². The van der Waals surface area contributed by atoms with E-state index in [1.54, 1.807) is 0 Å². The van der Waals surface area contributed by atoms with E-state index >= 15 is 0 Å². The minimum absolute atomic E-state index is 0.0637. The topological polar surface area (TPSA) is 17.8 Å². The Morgan fingerprint density at radius 2 is 2.07 bits per heavy atom. The van der Waals surface area contributed by atoms with Crippen LogP contribution in [0, 0.1) is 5.92 Å². The third kappa shape index (κ3) is 2.16. The van der Waals surface area contributed by atoms with Gasteiger partial charge < -0.3 is 0 Å². The molecule has 2 atom stereocenters. The lowest BCUT2D eigenvalue weighted by Crippen LogP contribution is -2.38. The summed E-state index contributed by atoms with van der Waals surface area (Å²) in [6.45, 7) is 0. The second kappa shape index (κ2) is 4.35. The lowest BCUT2D eigenvalue weighted by Gasteiger charge is -2.34. The number of halogens is 3. The molecular formula is C10H13F2IN2. The summed E-state index contributed by atoms with van der Waals surface area (Å²) in [5, 5.41) is 0. The maximum atomic E-state index is 14.0. The van der Waals surface area contributed by atoms with Gasteiger partial charge in [-0.3, -0.25) is 4.57 Å². The maximum Gasteiger partial charge on any atom is 0.333 e. The number of nitrogens with zero attached hydrogens (tertiary/aromatic N) is 2. The highest BCUT2D eigenvalue weighted by molar-refractivity contribution is 14.1. The van der Waals surface area contributed by atoms with Crippen LogP contribution in [0.4, 0.5) is 8.78 Å². The molecule has 1 aromatic rings. The van der Waals surface area contributed by atoms with E-state index in [4.69, 9.17) is 0 Å². The SMILES string of the molecule is FC(F)(C1CCCCC1I)n1ccnc1. The number of hydrogen-bond donors (Lipinski definition) is 0. The van der Waals surface area contributed by atoms with Crippen LogP contribution in [0.15, 0.2) is 18.7 Å². The van der Waals surface area contributed by atoms with Gasteiger partial charge in [0.05, 0.1) is 12.2 Å². The Kier molecular flexibility index (Phi) is 3.27. The summed E-state index contributed by atoms with van der Waals surface area (Å²) in [5.74, 6) is -0.555. The van der Waals surface area contributed by atoms with Gasteiger partial charge in [0.1, 0.15) is 0 Å². The fraction of sp³-hybridized carbons (Fsp3) is 0.700. The number of rotatable bonds is 2. The van der Waals surface area contributed by atoms with Gasteiger partial charge in [-0.15, -0.1) is 0 Å². The van der Waals surface area contributed by atoms with E-state index in [9.17, 15) is 8.78 Å². The standard InChI is InChI=1S/C10H13F2IN2/c11-10(12,15-6-5-14-7-15)8-3-1-2-4-9(8)13/h5-9H,1-4H2. The summed E-state index contributed by atoms with van der Waals surface area (Å²) in [6, 6.07) is -2.79. The van der Waals surface area contributed by atoms with Crippen LogP contribution in [0.3, 0.4) is 0 Å². The number of imidazole rings is 1. The second-order valence-electron chi connectivity index (χ2n) is 3.96. The number of aromatic nitrogens is 2. The summed E-state index contributed by atoms with van der Waals surface area (Å²) in [6.07, 6.45) is 7.45. The molecule has 0 radical (unpaired) electrons. The van der Waals surface area contributed by atoms with Gasteiger partial charge in [0.25, 0.3) is 0 Å². The van der Waals surface area contributed by atoms with Gasteiger partial charge in [-0.05, 0) is 12.8 Å². The molecule has 0 N–H and O–H groups in total. The van der Waals surface area contributed by atoms with Gasteiger partial charge >= 0.3 is 6.05 Å². The first-order valence-electron chi connectivity index (χ1n) is 5.12. The van der Waals surface area contributed by atoms with Crippen molar-refractivity contribution >= 4 is 22.6 Å². The van der Waals surface area contributed by atoms with Crippen LogP contribution in [-0.4, -0.2) is 13.5 Å². The summed E-state index contributed by atoms with van der Waals surface area (Å²) in [5.41, 5.74) is 0. The van der Waals surface area contributed by atoms with Crippen LogP contribution in [0.5, 0.6) is 0 Å². The minimum atomic E-state index is -2.79. The van der Waals surface area contributed by atoms with E-state index < -0.39 is 12.0 Å². The highest BCUT2D eigenvalue weighted by Crippen LogP contribution is 2.43. The number of alkyl halides is 3. The molecule has 1 aliphatic rings. The van der Waals surface area contributed by atoms with E-state index in [2.05, 4.69) is 27.6 Å². The zero-order valence-electron chi connectivity index (χ0n) is 8.24. The Hall–Kier alpha value is -0.200. The Balaban J connectivity index is 2.20. The van der Waals surface area contributed by atoms with Crippen LogP contribution in [0.1, 0.15) is 25.7 Å². The van der Waals surface area contributed by atoms with Crippen molar-refractivity contribution in [3.8, 4) is 0 Å². The third-order valence-corrected chi connectivity index (χ3v) is 4.47. The average Bonchev–Trinajstić information content (AvgIpc) is 2.71. The molecule has 1 aliphatic carbocycles. The zero-order chi connectivity index (χ0) is 10.9. The Bertz CT molecular complexity index is 313. The quantitative estimate of drug-likeness (QED) is 0.601. The highest BCUT2D eigenvalue weighted by atomic mass is 127. The first-order chi connectivity index (χ1) is 7.12. The van der Waals surface area contributed by atoms with E-state index in [0.717, 1.165) is 23.8 Å². The molecule has 0 aliphatic heterocycles. The van der Waals surface area contributed by atoms with Crippen molar-refractivity contribution in [3.63, 3.8) is 0 Å². The fourth-order valence-electron chi connectivity index (χ4n) is 2.10. The van der Waals surface area contributed by atoms with E-state index in [-0.39, 0.29) is 3.92 Å². The van der Waals surface area contributed by atoms with Crippen LogP contribution in [-0.2, 0) is 6.05 Å². The second-order valence-corrected chi connectivity index (χ2v) is 5.56. The molecule has 2 rings (SSSR count). The predicted molar refractivity (Wildman–Crippen MR) is 62.2 cm³/mol. The molecule has 1 fully saturated rings. The van der Waals surface area contributed by atoms with Crippen LogP contribution >= 0.6 is 22.6 Å². The molecule has 0 saturated heterocycles. The van der Waals surface area contributed by atoms with E-state index in [1.165, 1.54) is 18.7 Å². The lowest BCUT2D eigenvalue weighted by molar-refractivity contribution is -0.140. The first kappa shape index (κ1) is 11.3. The molecule has 0 spiro atoms. The molecule has 0 aromatic carbocycles. The third-order valence-electron chi connectivity index (χ3n) is 2.98. The summed E-state index contributed by atoms with van der Waals surface area (Å²) in [7, 11) is 0. The van der Waals surface area contributed by atoms with Gasteiger partial charge in [-0.1, -0.05) is 35.4 Å². The molecule has 1 aromatic heterocycles. The Labute approximate surface area is 101 Å². The monoisotopic (exact) mass is 326 g/mol. The molecule has 2 nitrogen and oxygen atoms in total. The fourth-order valence-corrected chi connectivity index (χ4v) is 3.34. The van der Waals surface area contributed by atoms with Crippen molar-refractivity contribution < 1.29 is 8.78 Å². The molecule has 0 bridgehead atoms. The molecule has 1 heterocycles. The van der Waals surface area contributed by atoms with Gasteiger partial charge in [-0.25, -0.2) is 4.98 Å². The van der Waals surface area contributed by atoms with Crippen molar-refractivity contribution in [1.29, 1.82) is 0 Å². The van der Waals surface area contributed by atoms with Crippen LogP contribution < -0.4 is 0 Å². The maximum absolute atomic E-state index is 14.0. The number of hydrogen-bond acceptors (Lipinski definition) is 1. The predicted octanol–water partition coefficient (Wildman–Crippen LogP) is 3.43. The molecule has 1 saturated carbocycles. The average molecular weight is 326 g/mol. The van der Waals surface area contributed by atoms with Crippen LogP contribution in [0.25, 0.3) is 0 Å². The molecular weight excluding hydrogens is 313 g/mol. The van der Waals surface area contributed by atoms with Gasteiger partial charge in [0.2, 0.25) is 0 Å². The molecule has 15 heavy (non-hydrogen) atoms.